The Balaban J connectivity index is 1.87. The minimum atomic E-state index is -0.415. The second-order valence-corrected chi connectivity index (χ2v) is 5.69. The van der Waals surface area contributed by atoms with Crippen molar-refractivity contribution in [3.05, 3.63) is 69.8 Å². The average molecular weight is 315 g/mol. The average Bonchev–Trinajstić information content (AvgIpc) is 3.05. The molecule has 0 unspecified atom stereocenters. The van der Waals surface area contributed by atoms with Crippen LogP contribution in [0.5, 0.6) is 5.75 Å². The van der Waals surface area contributed by atoms with Crippen molar-refractivity contribution in [2.45, 2.75) is 5.37 Å². The lowest BCUT2D eigenvalue weighted by molar-refractivity contribution is -0.384. The summed E-state index contributed by atoms with van der Waals surface area (Å²) in [6.45, 7) is 0. The molecule has 1 aliphatic heterocycles. The largest absolute Gasteiger partial charge is 0.496 e. The topological polar surface area (TPSA) is 76.8 Å². The molecule has 22 heavy (non-hydrogen) atoms. The van der Waals surface area contributed by atoms with Crippen molar-refractivity contribution >= 4 is 22.5 Å². The Kier molecular flexibility index (Phi) is 3.97. The summed E-state index contributed by atoms with van der Waals surface area (Å²) in [5.41, 5.74) is 4.76. The zero-order valence-electron chi connectivity index (χ0n) is 11.7. The summed E-state index contributed by atoms with van der Waals surface area (Å²) < 4.78 is 5.31. The normalized spacial score (nSPS) is 16.8. The molecule has 0 amide bonds. The Bertz CT molecular complexity index is 734. The summed E-state index contributed by atoms with van der Waals surface area (Å²) in [6, 6.07) is 14.3. The van der Waals surface area contributed by atoms with Crippen molar-refractivity contribution in [2.24, 2.45) is 5.10 Å². The summed E-state index contributed by atoms with van der Waals surface area (Å²) >= 11 is 1.50. The Morgan fingerprint density at radius 1 is 1.27 bits per heavy atom. The maximum atomic E-state index is 11.0. The monoisotopic (exact) mass is 315 g/mol. The van der Waals surface area contributed by atoms with Gasteiger partial charge in [-0.1, -0.05) is 42.1 Å². The first-order chi connectivity index (χ1) is 10.7. The molecule has 0 saturated carbocycles. The second-order valence-electron chi connectivity index (χ2n) is 4.59. The molecule has 0 aromatic heterocycles. The van der Waals surface area contributed by atoms with Gasteiger partial charge >= 0.3 is 0 Å². The number of benzene rings is 2. The van der Waals surface area contributed by atoms with Crippen LogP contribution in [0.15, 0.2) is 53.6 Å². The highest BCUT2D eigenvalue weighted by atomic mass is 32.2. The summed E-state index contributed by atoms with van der Waals surface area (Å²) in [5.74, 6) is 0.597. The second kappa shape index (κ2) is 6.07. The fourth-order valence-corrected chi connectivity index (χ4v) is 3.19. The van der Waals surface area contributed by atoms with Gasteiger partial charge in [-0.15, -0.1) is 0 Å². The molecule has 1 N–H and O–H groups in total. The lowest BCUT2D eigenvalue weighted by Crippen LogP contribution is -2.08. The number of thioether (sulfide) groups is 1. The molecule has 0 fully saturated rings. The highest BCUT2D eigenvalue weighted by molar-refractivity contribution is 8.14. The first kappa shape index (κ1) is 14.4. The molecule has 6 nitrogen and oxygen atoms in total. The third-order valence-electron chi connectivity index (χ3n) is 3.24. The molecule has 0 bridgehead atoms. The number of nitrogens with zero attached hydrogens (tertiary/aromatic N) is 2. The van der Waals surface area contributed by atoms with Crippen LogP contribution < -0.4 is 10.2 Å². The summed E-state index contributed by atoms with van der Waals surface area (Å²) in [6.07, 6.45) is 0. The zero-order chi connectivity index (χ0) is 15.5. The molecule has 0 aliphatic carbocycles. The van der Waals surface area contributed by atoms with Crippen LogP contribution in [-0.4, -0.2) is 17.1 Å². The standard InChI is InChI=1S/C15H13N3O3S/c1-21-13-8-7-11(18(19)20)9-12(13)15-17-16-14(22-15)10-5-3-2-4-6-10/h2-9,15,17H,1H3/t15-/m0/s1. The molecule has 1 aliphatic rings. The van der Waals surface area contributed by atoms with Crippen molar-refractivity contribution in [3.63, 3.8) is 0 Å². The predicted molar refractivity (Wildman–Crippen MR) is 86.1 cm³/mol. The van der Waals surface area contributed by atoms with Gasteiger partial charge in [0.15, 0.2) is 0 Å². The summed E-state index contributed by atoms with van der Waals surface area (Å²) in [7, 11) is 1.54. The van der Waals surface area contributed by atoms with Crippen molar-refractivity contribution in [2.75, 3.05) is 7.11 Å². The Morgan fingerprint density at radius 2 is 2.05 bits per heavy atom. The predicted octanol–water partition coefficient (Wildman–Crippen LogP) is 3.30. The molecular formula is C15H13N3O3S. The number of nitro groups is 1. The van der Waals surface area contributed by atoms with Gasteiger partial charge in [-0.25, -0.2) is 0 Å². The van der Waals surface area contributed by atoms with Crippen LogP contribution in [0, 0.1) is 10.1 Å². The maximum Gasteiger partial charge on any atom is 0.270 e. The van der Waals surface area contributed by atoms with Gasteiger partial charge < -0.3 is 4.74 Å². The van der Waals surface area contributed by atoms with Crippen LogP contribution in [0.3, 0.4) is 0 Å². The number of nitrogens with one attached hydrogen (secondary N) is 1. The fourth-order valence-electron chi connectivity index (χ4n) is 2.17. The van der Waals surface area contributed by atoms with Crippen LogP contribution in [0.1, 0.15) is 16.5 Å². The lowest BCUT2D eigenvalue weighted by atomic mass is 10.1. The SMILES string of the molecule is COc1ccc([N+](=O)[O-])cc1[C@H]1NN=C(c2ccccc2)S1. The zero-order valence-corrected chi connectivity index (χ0v) is 12.5. The summed E-state index contributed by atoms with van der Waals surface area (Å²) in [4.78, 5) is 10.5. The van der Waals surface area contributed by atoms with Crippen molar-refractivity contribution in [1.29, 1.82) is 0 Å². The number of hydrogen-bond donors (Lipinski definition) is 1. The minimum absolute atomic E-state index is 0.0337. The van der Waals surface area contributed by atoms with E-state index in [-0.39, 0.29) is 11.1 Å². The van der Waals surface area contributed by atoms with Gasteiger partial charge in [0.2, 0.25) is 0 Å². The van der Waals surface area contributed by atoms with Crippen LogP contribution in [0.25, 0.3) is 0 Å². The first-order valence-electron chi connectivity index (χ1n) is 6.56. The van der Waals surface area contributed by atoms with Crippen molar-refractivity contribution in [3.8, 4) is 5.75 Å². The van der Waals surface area contributed by atoms with Gasteiger partial charge in [-0.05, 0) is 6.07 Å². The molecule has 2 aromatic carbocycles. The van der Waals surface area contributed by atoms with Crippen LogP contribution >= 0.6 is 11.8 Å². The number of ether oxygens (including phenoxy) is 1. The van der Waals surface area contributed by atoms with E-state index in [2.05, 4.69) is 10.5 Å². The van der Waals surface area contributed by atoms with E-state index >= 15 is 0 Å². The van der Waals surface area contributed by atoms with Gasteiger partial charge in [0.25, 0.3) is 5.69 Å². The smallest absolute Gasteiger partial charge is 0.270 e. The van der Waals surface area contributed by atoms with E-state index in [0.717, 1.165) is 10.6 Å². The van der Waals surface area contributed by atoms with Gasteiger partial charge in [0.1, 0.15) is 16.2 Å². The highest BCUT2D eigenvalue weighted by Crippen LogP contribution is 2.39. The van der Waals surface area contributed by atoms with Crippen LogP contribution in [0.2, 0.25) is 0 Å². The highest BCUT2D eigenvalue weighted by Gasteiger charge is 2.26. The third kappa shape index (κ3) is 2.75. The quantitative estimate of drug-likeness (QED) is 0.692. The van der Waals surface area contributed by atoms with Crippen molar-refractivity contribution in [1.82, 2.24) is 5.43 Å². The Labute approximate surface area is 131 Å². The molecule has 112 valence electrons. The van der Waals surface area contributed by atoms with E-state index < -0.39 is 4.92 Å². The molecule has 3 rings (SSSR count). The molecule has 0 radical (unpaired) electrons. The maximum absolute atomic E-state index is 11.0. The molecule has 0 spiro atoms. The molecule has 7 heteroatoms. The van der Waals surface area contributed by atoms with Gasteiger partial charge in [-0.3, -0.25) is 15.5 Å². The Hall–Kier alpha value is -2.54. The lowest BCUT2D eigenvalue weighted by Gasteiger charge is -2.13. The Morgan fingerprint density at radius 3 is 2.73 bits per heavy atom. The summed E-state index contributed by atoms with van der Waals surface area (Å²) in [5, 5.41) is 15.9. The number of rotatable bonds is 4. The number of hydrogen-bond acceptors (Lipinski definition) is 6. The van der Waals surface area contributed by atoms with Crippen LogP contribution in [-0.2, 0) is 0 Å². The van der Waals surface area contributed by atoms with Gasteiger partial charge in [0.05, 0.1) is 12.0 Å². The van der Waals surface area contributed by atoms with E-state index in [1.165, 1.54) is 23.9 Å². The van der Waals surface area contributed by atoms with Gasteiger partial charge in [0, 0.05) is 23.3 Å². The van der Waals surface area contributed by atoms with E-state index in [1.807, 2.05) is 30.3 Å². The number of non-ortho nitro benzene ring substituents is 1. The molecule has 0 saturated heterocycles. The minimum Gasteiger partial charge on any atom is -0.496 e. The molecule has 1 heterocycles. The number of methoxy groups -OCH3 is 1. The molecule has 1 atom stereocenters. The van der Waals surface area contributed by atoms with Crippen LogP contribution in [0.4, 0.5) is 5.69 Å². The molecular weight excluding hydrogens is 302 g/mol. The van der Waals surface area contributed by atoms with E-state index in [4.69, 9.17) is 4.74 Å². The fraction of sp³-hybridized carbons (Fsp3) is 0.133. The van der Waals surface area contributed by atoms with E-state index in [9.17, 15) is 10.1 Å². The number of hydrazone groups is 1. The van der Waals surface area contributed by atoms with Gasteiger partial charge in [-0.2, -0.15) is 5.10 Å². The number of nitro benzene ring substituents is 1. The first-order valence-corrected chi connectivity index (χ1v) is 7.44. The van der Waals surface area contributed by atoms with Crippen molar-refractivity contribution < 1.29 is 9.66 Å². The van der Waals surface area contributed by atoms with E-state index in [1.54, 1.807) is 13.2 Å². The third-order valence-corrected chi connectivity index (χ3v) is 4.39. The van der Waals surface area contributed by atoms with E-state index in [0.29, 0.717) is 11.3 Å². The molecule has 2 aromatic rings.